The van der Waals surface area contributed by atoms with Gasteiger partial charge < -0.3 is 15.0 Å². The smallest absolute Gasteiger partial charge is 0.262 e. The predicted octanol–water partition coefficient (Wildman–Crippen LogP) is 4.00. The number of piperidine rings is 1. The van der Waals surface area contributed by atoms with Crippen molar-refractivity contribution in [3.05, 3.63) is 40.5 Å². The first-order chi connectivity index (χ1) is 12.9. The van der Waals surface area contributed by atoms with Crippen LogP contribution < -0.4 is 15.0 Å². The number of hydrogen-bond donors (Lipinski definition) is 1. The number of amides is 1. The number of nitrogens with zero attached hydrogens (tertiary/aromatic N) is 3. The molecule has 1 unspecified atom stereocenters. The number of benzene rings is 1. The van der Waals surface area contributed by atoms with Crippen molar-refractivity contribution < 1.29 is 9.53 Å². The minimum atomic E-state index is -0.287. The van der Waals surface area contributed by atoms with Gasteiger partial charge in [0.25, 0.3) is 5.91 Å². The van der Waals surface area contributed by atoms with Crippen LogP contribution in [0.1, 0.15) is 31.0 Å². The summed E-state index contributed by atoms with van der Waals surface area (Å²) in [5.41, 5.74) is 2.42. The molecule has 2 aromatic rings. The second-order valence-corrected chi connectivity index (χ2v) is 7.57. The van der Waals surface area contributed by atoms with E-state index in [-0.39, 0.29) is 12.5 Å². The molecule has 1 fully saturated rings. The number of aryl methyl sites for hydroxylation is 2. The summed E-state index contributed by atoms with van der Waals surface area (Å²) >= 11 is 6.15. The van der Waals surface area contributed by atoms with Gasteiger partial charge in [-0.05, 0) is 50.3 Å². The molecule has 144 valence electrons. The Balaban J connectivity index is 1.62. The van der Waals surface area contributed by atoms with Gasteiger partial charge in [0.1, 0.15) is 0 Å². The molecule has 3 rings (SSSR count). The van der Waals surface area contributed by atoms with E-state index in [1.165, 1.54) is 6.42 Å². The molecular weight excluding hydrogens is 364 g/mol. The topological polar surface area (TPSA) is 67.3 Å². The van der Waals surface area contributed by atoms with Crippen LogP contribution in [0.15, 0.2) is 24.3 Å². The number of carbonyl (C=O) groups excluding carboxylic acids is 1. The van der Waals surface area contributed by atoms with Gasteiger partial charge in [-0.2, -0.15) is 4.98 Å². The molecule has 1 aliphatic heterocycles. The first kappa shape index (κ1) is 19.4. The zero-order valence-electron chi connectivity index (χ0n) is 16.0. The van der Waals surface area contributed by atoms with Crippen LogP contribution in [-0.2, 0) is 4.79 Å². The van der Waals surface area contributed by atoms with Gasteiger partial charge in [0.15, 0.2) is 6.61 Å². The van der Waals surface area contributed by atoms with Gasteiger partial charge in [-0.1, -0.05) is 24.6 Å². The van der Waals surface area contributed by atoms with Crippen LogP contribution in [-0.4, -0.2) is 35.6 Å². The summed E-state index contributed by atoms with van der Waals surface area (Å²) in [5.74, 6) is 1.40. The van der Waals surface area contributed by atoms with Crippen molar-refractivity contribution >= 4 is 29.1 Å². The van der Waals surface area contributed by atoms with Crippen molar-refractivity contribution in [2.24, 2.45) is 5.92 Å². The molecule has 7 heteroatoms. The lowest BCUT2D eigenvalue weighted by Crippen LogP contribution is -2.35. The van der Waals surface area contributed by atoms with Crippen molar-refractivity contribution in [2.75, 3.05) is 29.9 Å². The Morgan fingerprint density at radius 3 is 2.89 bits per heavy atom. The van der Waals surface area contributed by atoms with Gasteiger partial charge in [-0.3, -0.25) is 4.79 Å². The van der Waals surface area contributed by atoms with Gasteiger partial charge in [-0.15, -0.1) is 0 Å². The van der Waals surface area contributed by atoms with E-state index in [9.17, 15) is 4.79 Å². The third kappa shape index (κ3) is 5.32. The maximum atomic E-state index is 12.2. The van der Waals surface area contributed by atoms with Gasteiger partial charge >= 0.3 is 0 Å². The average Bonchev–Trinajstić information content (AvgIpc) is 2.62. The highest BCUT2D eigenvalue weighted by atomic mass is 35.5. The molecule has 27 heavy (non-hydrogen) atoms. The van der Waals surface area contributed by atoms with Crippen molar-refractivity contribution in [1.29, 1.82) is 0 Å². The van der Waals surface area contributed by atoms with Gasteiger partial charge in [0.2, 0.25) is 11.8 Å². The summed E-state index contributed by atoms with van der Waals surface area (Å²) in [7, 11) is 0. The van der Waals surface area contributed by atoms with E-state index >= 15 is 0 Å². The van der Waals surface area contributed by atoms with Gasteiger partial charge in [0.05, 0.1) is 10.7 Å². The van der Waals surface area contributed by atoms with E-state index in [0.29, 0.717) is 28.5 Å². The van der Waals surface area contributed by atoms with Crippen LogP contribution >= 0.6 is 11.6 Å². The van der Waals surface area contributed by atoms with Crippen molar-refractivity contribution in [2.45, 2.75) is 33.6 Å². The molecule has 0 spiro atoms. The third-order valence-corrected chi connectivity index (χ3v) is 4.82. The lowest BCUT2D eigenvalue weighted by Gasteiger charge is -2.31. The molecular formula is C20H25ClN4O2. The first-order valence-corrected chi connectivity index (χ1v) is 9.58. The normalized spacial score (nSPS) is 16.9. The molecule has 0 aliphatic carbocycles. The highest BCUT2D eigenvalue weighted by Gasteiger charge is 2.19. The molecule has 1 saturated heterocycles. The molecule has 1 aromatic carbocycles. The number of aromatic nitrogens is 2. The lowest BCUT2D eigenvalue weighted by atomic mass is 10.0. The Morgan fingerprint density at radius 1 is 1.33 bits per heavy atom. The van der Waals surface area contributed by atoms with E-state index in [1.807, 2.05) is 19.9 Å². The maximum absolute atomic E-state index is 12.2. The molecule has 1 N–H and O–H groups in total. The molecule has 0 radical (unpaired) electrons. The molecule has 1 atom stereocenters. The third-order valence-electron chi connectivity index (χ3n) is 4.51. The predicted molar refractivity (Wildman–Crippen MR) is 108 cm³/mol. The van der Waals surface area contributed by atoms with Crippen molar-refractivity contribution in [1.82, 2.24) is 9.97 Å². The van der Waals surface area contributed by atoms with Crippen LogP contribution in [0, 0.1) is 19.8 Å². The monoisotopic (exact) mass is 388 g/mol. The Kier molecular flexibility index (Phi) is 6.16. The van der Waals surface area contributed by atoms with Crippen molar-refractivity contribution in [3.63, 3.8) is 0 Å². The molecule has 0 saturated carbocycles. The number of anilines is 2. The Labute approximate surface area is 164 Å². The summed E-state index contributed by atoms with van der Waals surface area (Å²) in [5, 5.41) is 3.26. The summed E-state index contributed by atoms with van der Waals surface area (Å²) in [6.45, 7) is 7.82. The van der Waals surface area contributed by atoms with E-state index in [1.54, 1.807) is 18.2 Å². The van der Waals surface area contributed by atoms with Crippen molar-refractivity contribution in [3.8, 4) is 5.88 Å². The lowest BCUT2D eigenvalue weighted by molar-refractivity contribution is -0.118. The Bertz CT molecular complexity index is 828. The zero-order valence-corrected chi connectivity index (χ0v) is 16.7. The molecule has 1 aromatic heterocycles. The molecule has 1 aliphatic rings. The van der Waals surface area contributed by atoms with Crippen LogP contribution in [0.2, 0.25) is 5.02 Å². The average molecular weight is 389 g/mol. The highest BCUT2D eigenvalue weighted by Crippen LogP contribution is 2.24. The van der Waals surface area contributed by atoms with Crippen LogP contribution in [0.5, 0.6) is 5.88 Å². The highest BCUT2D eigenvalue weighted by molar-refractivity contribution is 6.33. The largest absolute Gasteiger partial charge is 0.467 e. The molecule has 1 amide bonds. The van der Waals surface area contributed by atoms with E-state index in [2.05, 4.69) is 27.1 Å². The van der Waals surface area contributed by atoms with E-state index < -0.39 is 0 Å². The zero-order chi connectivity index (χ0) is 19.4. The fourth-order valence-electron chi connectivity index (χ4n) is 3.16. The fourth-order valence-corrected chi connectivity index (χ4v) is 3.44. The minimum Gasteiger partial charge on any atom is -0.467 e. The number of rotatable bonds is 5. The second kappa shape index (κ2) is 8.57. The summed E-state index contributed by atoms with van der Waals surface area (Å²) in [6, 6.07) is 7.21. The number of hydrogen-bond acceptors (Lipinski definition) is 5. The summed E-state index contributed by atoms with van der Waals surface area (Å²) in [4.78, 5) is 23.4. The summed E-state index contributed by atoms with van der Waals surface area (Å²) < 4.78 is 5.61. The van der Waals surface area contributed by atoms with Gasteiger partial charge in [-0.25, -0.2) is 4.98 Å². The summed E-state index contributed by atoms with van der Waals surface area (Å²) in [6.07, 6.45) is 2.36. The maximum Gasteiger partial charge on any atom is 0.262 e. The molecule has 0 bridgehead atoms. The van der Waals surface area contributed by atoms with Gasteiger partial charge in [0, 0.05) is 24.8 Å². The number of nitrogens with one attached hydrogen (secondary N) is 1. The van der Waals surface area contributed by atoms with Crippen LogP contribution in [0.4, 0.5) is 11.6 Å². The standard InChI is InChI=1S/C20H25ClN4O2/c1-13-6-7-17(16(21)9-13)23-18(26)12-27-19-10-15(3)22-20(24-19)25-8-4-5-14(2)11-25/h6-7,9-10,14H,4-5,8,11-12H2,1-3H3,(H,23,26). The van der Waals surface area contributed by atoms with Crippen LogP contribution in [0.25, 0.3) is 0 Å². The minimum absolute atomic E-state index is 0.142. The van der Waals surface area contributed by atoms with Crippen LogP contribution in [0.3, 0.4) is 0 Å². The number of halogens is 1. The number of carbonyl (C=O) groups is 1. The molecule has 6 nitrogen and oxygen atoms in total. The van der Waals surface area contributed by atoms with E-state index in [4.69, 9.17) is 16.3 Å². The second-order valence-electron chi connectivity index (χ2n) is 7.16. The quantitative estimate of drug-likeness (QED) is 0.838. The number of ether oxygens (including phenoxy) is 1. The Hall–Kier alpha value is -2.34. The molecule has 2 heterocycles. The Morgan fingerprint density at radius 2 is 2.15 bits per heavy atom. The first-order valence-electron chi connectivity index (χ1n) is 9.20. The fraction of sp³-hybridized carbons (Fsp3) is 0.450. The SMILES string of the molecule is Cc1ccc(NC(=O)COc2cc(C)nc(N3CCCC(C)C3)n2)c(Cl)c1. The van der Waals surface area contributed by atoms with E-state index in [0.717, 1.165) is 30.8 Å².